The molecule has 0 aliphatic rings. The van der Waals surface area contributed by atoms with Crippen LogP contribution < -0.4 is 0 Å². The normalized spacial score (nSPS) is 10.6. The number of hydrogen-bond donors (Lipinski definition) is 0. The van der Waals surface area contributed by atoms with Crippen LogP contribution in [-0.4, -0.2) is 14.8 Å². The summed E-state index contributed by atoms with van der Waals surface area (Å²) in [5.74, 6) is 1.94. The first kappa shape index (κ1) is 13.9. The highest BCUT2D eigenvalue weighted by molar-refractivity contribution is 7.98. The Bertz CT molecular complexity index is 560. The Morgan fingerprint density at radius 1 is 1.37 bits per heavy atom. The van der Waals surface area contributed by atoms with E-state index in [4.69, 9.17) is 0 Å². The molecular weight excluding hydrogens is 254 g/mol. The number of aromatic nitrogens is 3. The molecule has 0 saturated carbocycles. The predicted molar refractivity (Wildman–Crippen MR) is 80.3 cm³/mol. The van der Waals surface area contributed by atoms with Gasteiger partial charge in [0.2, 0.25) is 0 Å². The molecule has 0 aliphatic carbocycles. The fourth-order valence-corrected chi connectivity index (χ4v) is 2.86. The largest absolute Gasteiger partial charge is 0.302 e. The quantitative estimate of drug-likeness (QED) is 0.595. The number of thioether (sulfide) groups is 1. The minimum atomic E-state index is 0.770. The summed E-state index contributed by atoms with van der Waals surface area (Å²) in [5.41, 5.74) is 2.61. The number of allylic oxidation sites excluding steroid dienone is 1. The van der Waals surface area contributed by atoms with Crippen molar-refractivity contribution in [2.24, 2.45) is 0 Å². The fraction of sp³-hybridized carbons (Fsp3) is 0.333. The van der Waals surface area contributed by atoms with Crippen LogP contribution in [0.15, 0.2) is 42.1 Å². The summed E-state index contributed by atoms with van der Waals surface area (Å²) in [7, 11) is 0. The van der Waals surface area contributed by atoms with Gasteiger partial charge in [0.1, 0.15) is 5.82 Å². The van der Waals surface area contributed by atoms with Gasteiger partial charge in [0.15, 0.2) is 5.16 Å². The van der Waals surface area contributed by atoms with Gasteiger partial charge in [-0.05, 0) is 12.5 Å². The lowest BCUT2D eigenvalue weighted by atomic mass is 10.2. The zero-order valence-electron chi connectivity index (χ0n) is 11.5. The molecule has 2 rings (SSSR count). The van der Waals surface area contributed by atoms with E-state index in [1.165, 1.54) is 11.1 Å². The molecule has 0 N–H and O–H groups in total. The van der Waals surface area contributed by atoms with Crippen LogP contribution in [0.5, 0.6) is 0 Å². The summed E-state index contributed by atoms with van der Waals surface area (Å²) in [5, 5.41) is 9.47. The molecule has 100 valence electrons. The second kappa shape index (κ2) is 6.57. The number of rotatable bonds is 6. The van der Waals surface area contributed by atoms with Crippen molar-refractivity contribution in [2.45, 2.75) is 37.7 Å². The smallest absolute Gasteiger partial charge is 0.191 e. The van der Waals surface area contributed by atoms with E-state index < -0.39 is 0 Å². The topological polar surface area (TPSA) is 30.7 Å². The van der Waals surface area contributed by atoms with Crippen molar-refractivity contribution >= 4 is 11.8 Å². The van der Waals surface area contributed by atoms with Gasteiger partial charge in [-0.1, -0.05) is 54.6 Å². The lowest BCUT2D eigenvalue weighted by molar-refractivity contribution is 0.685. The predicted octanol–water partition coefficient (Wildman–Crippen LogP) is 3.63. The maximum atomic E-state index is 4.27. The molecule has 0 unspecified atom stereocenters. The van der Waals surface area contributed by atoms with Gasteiger partial charge >= 0.3 is 0 Å². The second-order valence-corrected chi connectivity index (χ2v) is 5.37. The van der Waals surface area contributed by atoms with E-state index in [0.717, 1.165) is 29.7 Å². The zero-order valence-corrected chi connectivity index (χ0v) is 12.3. The van der Waals surface area contributed by atoms with E-state index in [2.05, 4.69) is 59.5 Å². The average Bonchev–Trinajstić information content (AvgIpc) is 2.79. The maximum absolute atomic E-state index is 4.27. The fourth-order valence-electron chi connectivity index (χ4n) is 1.95. The lowest BCUT2D eigenvalue weighted by Crippen LogP contribution is -2.02. The van der Waals surface area contributed by atoms with Crippen LogP contribution in [0.25, 0.3) is 0 Å². The summed E-state index contributed by atoms with van der Waals surface area (Å²) < 4.78 is 2.13. The van der Waals surface area contributed by atoms with Gasteiger partial charge in [-0.25, -0.2) is 0 Å². The van der Waals surface area contributed by atoms with E-state index >= 15 is 0 Å². The van der Waals surface area contributed by atoms with Gasteiger partial charge in [-0.15, -0.1) is 16.8 Å². The van der Waals surface area contributed by atoms with Crippen molar-refractivity contribution in [3.8, 4) is 0 Å². The van der Waals surface area contributed by atoms with E-state index in [0.29, 0.717) is 0 Å². The van der Waals surface area contributed by atoms with E-state index in [-0.39, 0.29) is 0 Å². The van der Waals surface area contributed by atoms with Crippen molar-refractivity contribution in [1.82, 2.24) is 14.8 Å². The van der Waals surface area contributed by atoms with Crippen molar-refractivity contribution in [3.05, 3.63) is 53.9 Å². The highest BCUT2D eigenvalue weighted by Crippen LogP contribution is 2.22. The summed E-state index contributed by atoms with van der Waals surface area (Å²) in [6.07, 6.45) is 2.78. The summed E-state index contributed by atoms with van der Waals surface area (Å²) in [6.45, 7) is 8.78. The molecule has 0 saturated heterocycles. The molecule has 0 radical (unpaired) electrons. The van der Waals surface area contributed by atoms with Crippen LogP contribution in [0.2, 0.25) is 0 Å². The Labute approximate surface area is 118 Å². The molecular formula is C15H19N3S. The van der Waals surface area contributed by atoms with Gasteiger partial charge in [-0.3, -0.25) is 0 Å². The van der Waals surface area contributed by atoms with Gasteiger partial charge in [-0.2, -0.15) is 0 Å². The summed E-state index contributed by atoms with van der Waals surface area (Å²) in [4.78, 5) is 0. The van der Waals surface area contributed by atoms with Crippen molar-refractivity contribution in [1.29, 1.82) is 0 Å². The Morgan fingerprint density at radius 3 is 2.89 bits per heavy atom. The summed E-state index contributed by atoms with van der Waals surface area (Å²) in [6, 6.07) is 8.57. The standard InChI is InChI=1S/C15H19N3S/c1-4-9-18-14(5-2)16-17-15(18)19-11-13-8-6-7-12(3)10-13/h4,6-8,10H,1,5,9,11H2,2-3H3. The molecule has 19 heavy (non-hydrogen) atoms. The van der Waals surface area contributed by atoms with Crippen molar-refractivity contribution in [2.75, 3.05) is 0 Å². The third-order valence-electron chi connectivity index (χ3n) is 2.87. The van der Waals surface area contributed by atoms with Crippen LogP contribution in [0.1, 0.15) is 23.9 Å². The molecule has 0 bridgehead atoms. The third kappa shape index (κ3) is 3.47. The molecule has 0 aliphatic heterocycles. The second-order valence-electron chi connectivity index (χ2n) is 4.43. The number of benzene rings is 1. The van der Waals surface area contributed by atoms with Gasteiger partial charge in [0, 0.05) is 18.7 Å². The SMILES string of the molecule is C=CCn1c(CC)nnc1SCc1cccc(C)c1. The molecule has 0 amide bonds. The highest BCUT2D eigenvalue weighted by atomic mass is 32.2. The molecule has 1 aromatic heterocycles. The number of aryl methyl sites for hydroxylation is 2. The zero-order chi connectivity index (χ0) is 13.7. The highest BCUT2D eigenvalue weighted by Gasteiger charge is 2.10. The molecule has 0 spiro atoms. The molecule has 2 aromatic rings. The molecule has 1 aromatic carbocycles. The first-order chi connectivity index (χ1) is 9.24. The Hall–Kier alpha value is -1.55. The van der Waals surface area contributed by atoms with E-state index in [9.17, 15) is 0 Å². The van der Waals surface area contributed by atoms with Crippen LogP contribution in [0, 0.1) is 6.92 Å². The van der Waals surface area contributed by atoms with Crippen molar-refractivity contribution in [3.63, 3.8) is 0 Å². The Balaban J connectivity index is 2.10. The van der Waals surface area contributed by atoms with E-state index in [1.54, 1.807) is 11.8 Å². The minimum Gasteiger partial charge on any atom is -0.302 e. The van der Waals surface area contributed by atoms with Crippen LogP contribution in [0.3, 0.4) is 0 Å². The van der Waals surface area contributed by atoms with Gasteiger partial charge < -0.3 is 4.57 Å². The molecule has 0 fully saturated rings. The first-order valence-corrected chi connectivity index (χ1v) is 7.44. The third-order valence-corrected chi connectivity index (χ3v) is 3.91. The molecule has 1 heterocycles. The van der Waals surface area contributed by atoms with E-state index in [1.807, 2.05) is 6.08 Å². The first-order valence-electron chi connectivity index (χ1n) is 6.46. The van der Waals surface area contributed by atoms with Crippen LogP contribution in [-0.2, 0) is 18.7 Å². The molecule has 4 heteroatoms. The van der Waals surface area contributed by atoms with Gasteiger partial charge in [0.05, 0.1) is 0 Å². The number of nitrogens with zero attached hydrogens (tertiary/aromatic N) is 3. The van der Waals surface area contributed by atoms with Crippen LogP contribution >= 0.6 is 11.8 Å². The maximum Gasteiger partial charge on any atom is 0.191 e. The Kier molecular flexibility index (Phi) is 4.80. The molecule has 3 nitrogen and oxygen atoms in total. The summed E-state index contributed by atoms with van der Waals surface area (Å²) >= 11 is 1.73. The number of hydrogen-bond acceptors (Lipinski definition) is 3. The minimum absolute atomic E-state index is 0.770. The monoisotopic (exact) mass is 273 g/mol. The van der Waals surface area contributed by atoms with Crippen LogP contribution in [0.4, 0.5) is 0 Å². The van der Waals surface area contributed by atoms with Gasteiger partial charge in [0.25, 0.3) is 0 Å². The molecule has 0 atom stereocenters. The lowest BCUT2D eigenvalue weighted by Gasteiger charge is -2.06. The van der Waals surface area contributed by atoms with Crippen molar-refractivity contribution < 1.29 is 0 Å². The average molecular weight is 273 g/mol. The Morgan fingerprint density at radius 2 is 2.21 bits per heavy atom.